The van der Waals surface area contributed by atoms with E-state index < -0.39 is 10.0 Å². The van der Waals surface area contributed by atoms with Crippen LogP contribution in [0.4, 0.5) is 0 Å². The summed E-state index contributed by atoms with van der Waals surface area (Å²) in [5, 5.41) is 3.20. The van der Waals surface area contributed by atoms with Crippen LogP contribution in [-0.2, 0) is 14.8 Å². The summed E-state index contributed by atoms with van der Waals surface area (Å²) in [4.78, 5) is 0. The van der Waals surface area contributed by atoms with Gasteiger partial charge in [-0.2, -0.15) is 0 Å². The van der Waals surface area contributed by atoms with Crippen molar-refractivity contribution in [1.29, 1.82) is 0 Å². The van der Waals surface area contributed by atoms with E-state index >= 15 is 0 Å². The molecule has 0 fully saturated rings. The topological polar surface area (TPSA) is 67.4 Å². The quantitative estimate of drug-likeness (QED) is 0.535. The molecule has 0 saturated heterocycles. The lowest BCUT2D eigenvalue weighted by Crippen LogP contribution is -2.30. The second-order valence-corrected chi connectivity index (χ2v) is 7.23. The van der Waals surface area contributed by atoms with Gasteiger partial charge in [-0.3, -0.25) is 0 Å². The van der Waals surface area contributed by atoms with Crippen LogP contribution in [0, 0.1) is 0 Å². The number of sulfonamides is 1. The van der Waals surface area contributed by atoms with Gasteiger partial charge < -0.3 is 10.1 Å². The van der Waals surface area contributed by atoms with E-state index in [2.05, 4.69) is 10.0 Å². The third-order valence-corrected chi connectivity index (χ3v) is 3.96. The number of rotatable bonds is 12. The number of hydrogen-bond donors (Lipinski definition) is 2. The first-order chi connectivity index (χ1) is 8.83. The molecule has 0 aliphatic heterocycles. The molecular formula is C13H30N2O3S. The predicted molar refractivity (Wildman–Crippen MR) is 79.9 cm³/mol. The minimum Gasteiger partial charge on any atom is -0.379 e. The number of ether oxygens (including phenoxy) is 1. The number of hydrogen-bond acceptors (Lipinski definition) is 4. The SMILES string of the molecule is CC(C)NCCCS(=O)(=O)NCCCCOC(C)C. The fourth-order valence-electron chi connectivity index (χ4n) is 1.50. The summed E-state index contributed by atoms with van der Waals surface area (Å²) in [7, 11) is -3.11. The van der Waals surface area contributed by atoms with Crippen molar-refractivity contribution in [3.05, 3.63) is 0 Å². The van der Waals surface area contributed by atoms with Crippen LogP contribution in [0.1, 0.15) is 47.0 Å². The molecule has 5 nitrogen and oxygen atoms in total. The molecule has 0 aromatic rings. The van der Waals surface area contributed by atoms with Gasteiger partial charge in [0.15, 0.2) is 0 Å². The molecule has 0 saturated carbocycles. The molecule has 0 rings (SSSR count). The zero-order valence-electron chi connectivity index (χ0n) is 12.7. The largest absolute Gasteiger partial charge is 0.379 e. The fraction of sp³-hybridized carbons (Fsp3) is 1.00. The minimum absolute atomic E-state index is 0.190. The highest BCUT2D eigenvalue weighted by Crippen LogP contribution is 1.95. The normalized spacial score (nSPS) is 12.5. The maximum Gasteiger partial charge on any atom is 0.211 e. The molecule has 0 bridgehead atoms. The fourth-order valence-corrected chi connectivity index (χ4v) is 2.62. The second kappa shape index (κ2) is 10.6. The first kappa shape index (κ1) is 18.8. The Kier molecular flexibility index (Phi) is 10.5. The molecule has 116 valence electrons. The highest BCUT2D eigenvalue weighted by atomic mass is 32.2. The summed E-state index contributed by atoms with van der Waals surface area (Å²) in [6.45, 7) is 10.0. The van der Waals surface area contributed by atoms with E-state index in [0.717, 1.165) is 19.4 Å². The number of unbranched alkanes of at least 4 members (excludes halogenated alkanes) is 1. The van der Waals surface area contributed by atoms with Crippen LogP contribution in [0.15, 0.2) is 0 Å². The van der Waals surface area contributed by atoms with Crippen LogP contribution in [0.25, 0.3) is 0 Å². The van der Waals surface area contributed by atoms with Gasteiger partial charge in [0.1, 0.15) is 0 Å². The summed E-state index contributed by atoms with van der Waals surface area (Å²) in [5.74, 6) is 0.190. The highest BCUT2D eigenvalue weighted by molar-refractivity contribution is 7.89. The predicted octanol–water partition coefficient (Wildman–Crippen LogP) is 1.50. The first-order valence-electron chi connectivity index (χ1n) is 7.16. The van der Waals surface area contributed by atoms with Gasteiger partial charge in [0.2, 0.25) is 10.0 Å². The van der Waals surface area contributed by atoms with Crippen LogP contribution in [0.3, 0.4) is 0 Å². The minimum atomic E-state index is -3.11. The third kappa shape index (κ3) is 14.1. The lowest BCUT2D eigenvalue weighted by molar-refractivity contribution is 0.0762. The second-order valence-electron chi connectivity index (χ2n) is 5.30. The molecule has 0 heterocycles. The summed E-state index contributed by atoms with van der Waals surface area (Å²) < 4.78 is 31.3. The third-order valence-electron chi connectivity index (χ3n) is 2.49. The van der Waals surface area contributed by atoms with E-state index in [-0.39, 0.29) is 11.9 Å². The van der Waals surface area contributed by atoms with E-state index in [4.69, 9.17) is 4.74 Å². The summed E-state index contributed by atoms with van der Waals surface area (Å²) in [6.07, 6.45) is 2.58. The van der Waals surface area contributed by atoms with E-state index in [1.165, 1.54) is 0 Å². The molecule has 0 aliphatic rings. The molecule has 0 atom stereocenters. The van der Waals surface area contributed by atoms with Crippen LogP contribution < -0.4 is 10.0 Å². The molecule has 0 amide bonds. The van der Waals surface area contributed by atoms with Crippen molar-refractivity contribution in [2.45, 2.75) is 59.1 Å². The van der Waals surface area contributed by atoms with Crippen molar-refractivity contribution >= 4 is 10.0 Å². The molecule has 0 aromatic carbocycles. The molecule has 0 radical (unpaired) electrons. The van der Waals surface area contributed by atoms with Gasteiger partial charge in [-0.1, -0.05) is 13.8 Å². The first-order valence-corrected chi connectivity index (χ1v) is 8.81. The summed E-state index contributed by atoms with van der Waals surface area (Å²) in [5.41, 5.74) is 0. The smallest absolute Gasteiger partial charge is 0.211 e. The monoisotopic (exact) mass is 294 g/mol. The zero-order valence-corrected chi connectivity index (χ0v) is 13.6. The standard InChI is InChI=1S/C13H30N2O3S/c1-12(2)14-8-7-11-19(16,17)15-9-5-6-10-18-13(3)4/h12-15H,5-11H2,1-4H3. The Hall–Kier alpha value is -0.170. The molecule has 0 spiro atoms. The van der Waals surface area contributed by atoms with Crippen LogP contribution in [0.5, 0.6) is 0 Å². The Morgan fingerprint density at radius 2 is 1.68 bits per heavy atom. The summed E-state index contributed by atoms with van der Waals surface area (Å²) in [6, 6.07) is 0.400. The maximum absolute atomic E-state index is 11.6. The molecule has 0 aromatic heterocycles. The van der Waals surface area contributed by atoms with E-state index in [1.54, 1.807) is 0 Å². The van der Waals surface area contributed by atoms with E-state index in [9.17, 15) is 8.42 Å². The van der Waals surface area contributed by atoms with Gasteiger partial charge in [0.25, 0.3) is 0 Å². The summed E-state index contributed by atoms with van der Waals surface area (Å²) >= 11 is 0. The Morgan fingerprint density at radius 1 is 1.00 bits per heavy atom. The molecule has 19 heavy (non-hydrogen) atoms. The highest BCUT2D eigenvalue weighted by Gasteiger charge is 2.08. The van der Waals surface area contributed by atoms with Gasteiger partial charge in [0.05, 0.1) is 11.9 Å². The van der Waals surface area contributed by atoms with Crippen molar-refractivity contribution in [3.8, 4) is 0 Å². The van der Waals surface area contributed by atoms with Crippen LogP contribution >= 0.6 is 0 Å². The van der Waals surface area contributed by atoms with Gasteiger partial charge in [-0.05, 0) is 39.7 Å². The van der Waals surface area contributed by atoms with E-state index in [0.29, 0.717) is 25.6 Å². The zero-order chi connectivity index (χ0) is 14.7. The lowest BCUT2D eigenvalue weighted by Gasteiger charge is -2.10. The number of nitrogens with one attached hydrogen (secondary N) is 2. The maximum atomic E-state index is 11.6. The van der Waals surface area contributed by atoms with Crippen molar-refractivity contribution in [1.82, 2.24) is 10.0 Å². The Morgan fingerprint density at radius 3 is 2.26 bits per heavy atom. The molecule has 0 unspecified atom stereocenters. The van der Waals surface area contributed by atoms with Crippen molar-refractivity contribution < 1.29 is 13.2 Å². The average Bonchev–Trinajstić information content (AvgIpc) is 2.28. The van der Waals surface area contributed by atoms with Gasteiger partial charge >= 0.3 is 0 Å². The van der Waals surface area contributed by atoms with Crippen molar-refractivity contribution in [3.63, 3.8) is 0 Å². The van der Waals surface area contributed by atoms with Crippen molar-refractivity contribution in [2.75, 3.05) is 25.4 Å². The molecule has 2 N–H and O–H groups in total. The van der Waals surface area contributed by atoms with Crippen LogP contribution in [0.2, 0.25) is 0 Å². The van der Waals surface area contributed by atoms with Crippen LogP contribution in [-0.4, -0.2) is 46.0 Å². The Balaban J connectivity index is 3.52. The lowest BCUT2D eigenvalue weighted by atomic mass is 10.3. The molecule has 6 heteroatoms. The molecule has 0 aliphatic carbocycles. The van der Waals surface area contributed by atoms with Gasteiger partial charge in [0, 0.05) is 19.2 Å². The van der Waals surface area contributed by atoms with E-state index in [1.807, 2.05) is 27.7 Å². The Labute approximate surface area is 118 Å². The van der Waals surface area contributed by atoms with Gasteiger partial charge in [-0.25, -0.2) is 13.1 Å². The van der Waals surface area contributed by atoms with Crippen molar-refractivity contribution in [2.24, 2.45) is 0 Å². The average molecular weight is 294 g/mol. The Bertz CT molecular complexity index is 303. The molecular weight excluding hydrogens is 264 g/mol. The van der Waals surface area contributed by atoms with Gasteiger partial charge in [-0.15, -0.1) is 0 Å².